The Kier molecular flexibility index (Phi) is 3.66. The smallest absolute Gasteiger partial charge is 0.207 e. The van der Waals surface area contributed by atoms with E-state index in [2.05, 4.69) is 0 Å². The van der Waals surface area contributed by atoms with Gasteiger partial charge in [0, 0.05) is 15.7 Å². The SMILES string of the molecule is Cc1ccc(S(=O)(=O)Cl)cc1-c1cccc(Cl)c1. The molecule has 0 saturated carbocycles. The molecule has 2 aromatic rings. The lowest BCUT2D eigenvalue weighted by Gasteiger charge is -2.08. The summed E-state index contributed by atoms with van der Waals surface area (Å²) in [5, 5.41) is 0.603. The van der Waals surface area contributed by atoms with E-state index in [1.807, 2.05) is 19.1 Å². The van der Waals surface area contributed by atoms with E-state index in [4.69, 9.17) is 22.3 Å². The highest BCUT2D eigenvalue weighted by atomic mass is 35.7. The zero-order chi connectivity index (χ0) is 13.3. The molecular weight excluding hydrogens is 291 g/mol. The molecule has 5 heteroatoms. The minimum absolute atomic E-state index is 0.0877. The van der Waals surface area contributed by atoms with E-state index >= 15 is 0 Å². The first-order chi connectivity index (χ1) is 8.38. The van der Waals surface area contributed by atoms with Crippen LogP contribution < -0.4 is 0 Å². The Morgan fingerprint density at radius 3 is 2.39 bits per heavy atom. The fourth-order valence-electron chi connectivity index (χ4n) is 1.72. The largest absolute Gasteiger partial charge is 0.261 e. The topological polar surface area (TPSA) is 34.1 Å². The van der Waals surface area contributed by atoms with Gasteiger partial charge < -0.3 is 0 Å². The molecule has 18 heavy (non-hydrogen) atoms. The fraction of sp³-hybridized carbons (Fsp3) is 0.0769. The standard InChI is InChI=1S/C13H10Cl2O2S/c1-9-5-6-12(18(15,16)17)8-13(9)10-3-2-4-11(14)7-10/h2-8H,1H3. The first-order valence-electron chi connectivity index (χ1n) is 5.19. The third-order valence-corrected chi connectivity index (χ3v) is 4.21. The average Bonchev–Trinajstić information content (AvgIpc) is 2.28. The van der Waals surface area contributed by atoms with Crippen molar-refractivity contribution in [2.75, 3.05) is 0 Å². The Morgan fingerprint density at radius 1 is 1.06 bits per heavy atom. The van der Waals surface area contributed by atoms with Crippen LogP contribution in [-0.4, -0.2) is 8.42 Å². The van der Waals surface area contributed by atoms with Crippen LogP contribution in [0.3, 0.4) is 0 Å². The molecule has 0 aliphatic rings. The Bertz CT molecular complexity index is 694. The van der Waals surface area contributed by atoms with E-state index in [9.17, 15) is 8.42 Å². The Morgan fingerprint density at radius 2 is 1.78 bits per heavy atom. The van der Waals surface area contributed by atoms with Gasteiger partial charge in [0.25, 0.3) is 9.05 Å². The lowest BCUT2D eigenvalue weighted by molar-refractivity contribution is 0.609. The van der Waals surface area contributed by atoms with Crippen LogP contribution >= 0.6 is 22.3 Å². The molecule has 0 bridgehead atoms. The van der Waals surface area contributed by atoms with Crippen LogP contribution in [0.15, 0.2) is 47.4 Å². The van der Waals surface area contributed by atoms with Crippen molar-refractivity contribution in [2.24, 2.45) is 0 Å². The van der Waals surface area contributed by atoms with Gasteiger partial charge in [-0.2, -0.15) is 0 Å². The number of halogens is 2. The highest BCUT2D eigenvalue weighted by Gasteiger charge is 2.12. The maximum absolute atomic E-state index is 11.3. The van der Waals surface area contributed by atoms with Gasteiger partial charge in [-0.15, -0.1) is 0 Å². The number of aryl methyl sites for hydroxylation is 1. The molecule has 0 saturated heterocycles. The molecule has 0 spiro atoms. The second-order valence-electron chi connectivity index (χ2n) is 3.92. The number of hydrogen-bond acceptors (Lipinski definition) is 2. The van der Waals surface area contributed by atoms with E-state index in [-0.39, 0.29) is 4.90 Å². The third-order valence-electron chi connectivity index (χ3n) is 2.63. The molecule has 2 nitrogen and oxygen atoms in total. The van der Waals surface area contributed by atoms with E-state index in [0.29, 0.717) is 5.02 Å². The van der Waals surface area contributed by atoms with Gasteiger partial charge >= 0.3 is 0 Å². The lowest BCUT2D eigenvalue weighted by atomic mass is 10.0. The maximum Gasteiger partial charge on any atom is 0.261 e. The Hall–Kier alpha value is -1.03. The van der Waals surface area contributed by atoms with Gasteiger partial charge in [0.05, 0.1) is 4.90 Å². The van der Waals surface area contributed by atoms with Crippen LogP contribution in [0.4, 0.5) is 0 Å². The molecule has 0 amide bonds. The summed E-state index contributed by atoms with van der Waals surface area (Å²) in [6, 6.07) is 12.0. The van der Waals surface area contributed by atoms with E-state index in [0.717, 1.165) is 16.7 Å². The van der Waals surface area contributed by atoms with Crippen molar-refractivity contribution in [2.45, 2.75) is 11.8 Å². The zero-order valence-corrected chi connectivity index (χ0v) is 11.9. The van der Waals surface area contributed by atoms with Crippen LogP contribution in [0.5, 0.6) is 0 Å². The summed E-state index contributed by atoms with van der Waals surface area (Å²) in [7, 11) is 1.63. The molecule has 2 aromatic carbocycles. The van der Waals surface area contributed by atoms with Crippen molar-refractivity contribution >= 4 is 31.3 Å². The Labute approximate surface area is 116 Å². The maximum atomic E-state index is 11.3. The van der Waals surface area contributed by atoms with Crippen molar-refractivity contribution in [3.63, 3.8) is 0 Å². The van der Waals surface area contributed by atoms with Gasteiger partial charge in [-0.3, -0.25) is 0 Å². The van der Waals surface area contributed by atoms with Crippen molar-refractivity contribution in [3.05, 3.63) is 53.1 Å². The summed E-state index contributed by atoms with van der Waals surface area (Å²) < 4.78 is 22.7. The van der Waals surface area contributed by atoms with Crippen LogP contribution in [0.1, 0.15) is 5.56 Å². The molecule has 94 valence electrons. The predicted octanol–water partition coefficient (Wildman–Crippen LogP) is 4.24. The molecule has 0 radical (unpaired) electrons. The van der Waals surface area contributed by atoms with Crippen LogP contribution in [0, 0.1) is 6.92 Å². The summed E-state index contributed by atoms with van der Waals surface area (Å²) in [6.45, 7) is 1.90. The monoisotopic (exact) mass is 300 g/mol. The summed E-state index contributed by atoms with van der Waals surface area (Å²) >= 11 is 5.93. The molecule has 0 unspecified atom stereocenters. The third kappa shape index (κ3) is 2.86. The quantitative estimate of drug-likeness (QED) is 0.777. The predicted molar refractivity (Wildman–Crippen MR) is 74.7 cm³/mol. The molecule has 0 N–H and O–H groups in total. The van der Waals surface area contributed by atoms with Crippen LogP contribution in [0.25, 0.3) is 11.1 Å². The van der Waals surface area contributed by atoms with Crippen molar-refractivity contribution in [1.29, 1.82) is 0 Å². The van der Waals surface area contributed by atoms with Gasteiger partial charge in [0.15, 0.2) is 0 Å². The van der Waals surface area contributed by atoms with E-state index in [1.54, 1.807) is 24.3 Å². The second-order valence-corrected chi connectivity index (χ2v) is 6.93. The van der Waals surface area contributed by atoms with Crippen LogP contribution in [0.2, 0.25) is 5.02 Å². The molecule has 0 aliphatic heterocycles. The minimum Gasteiger partial charge on any atom is -0.207 e. The normalized spacial score (nSPS) is 11.5. The molecule has 2 rings (SSSR count). The van der Waals surface area contributed by atoms with Crippen molar-refractivity contribution < 1.29 is 8.42 Å². The summed E-state index contributed by atoms with van der Waals surface area (Å²) in [4.78, 5) is 0.0877. The summed E-state index contributed by atoms with van der Waals surface area (Å²) in [6.07, 6.45) is 0. The summed E-state index contributed by atoms with van der Waals surface area (Å²) in [5.41, 5.74) is 2.63. The number of benzene rings is 2. The van der Waals surface area contributed by atoms with Gasteiger partial charge in [0.2, 0.25) is 0 Å². The molecular formula is C13H10Cl2O2S. The lowest BCUT2D eigenvalue weighted by Crippen LogP contribution is -1.93. The van der Waals surface area contributed by atoms with Gasteiger partial charge in [-0.1, -0.05) is 29.8 Å². The second kappa shape index (κ2) is 4.92. The molecule has 0 fully saturated rings. The number of hydrogen-bond donors (Lipinski definition) is 0. The summed E-state index contributed by atoms with van der Waals surface area (Å²) in [5.74, 6) is 0. The molecule has 0 aromatic heterocycles. The average molecular weight is 301 g/mol. The van der Waals surface area contributed by atoms with Gasteiger partial charge in [0.1, 0.15) is 0 Å². The zero-order valence-electron chi connectivity index (χ0n) is 9.52. The first kappa shape index (κ1) is 13.4. The van der Waals surface area contributed by atoms with Gasteiger partial charge in [-0.05, 0) is 47.9 Å². The highest BCUT2D eigenvalue weighted by Crippen LogP contribution is 2.29. The minimum atomic E-state index is -3.72. The highest BCUT2D eigenvalue weighted by molar-refractivity contribution is 8.13. The van der Waals surface area contributed by atoms with E-state index in [1.165, 1.54) is 6.07 Å². The first-order valence-corrected chi connectivity index (χ1v) is 7.88. The van der Waals surface area contributed by atoms with Crippen LogP contribution in [-0.2, 0) is 9.05 Å². The van der Waals surface area contributed by atoms with E-state index < -0.39 is 9.05 Å². The van der Waals surface area contributed by atoms with Crippen molar-refractivity contribution in [1.82, 2.24) is 0 Å². The number of rotatable bonds is 2. The Balaban J connectivity index is 2.64. The van der Waals surface area contributed by atoms with Crippen molar-refractivity contribution in [3.8, 4) is 11.1 Å². The fourth-order valence-corrected chi connectivity index (χ4v) is 2.69. The van der Waals surface area contributed by atoms with Gasteiger partial charge in [-0.25, -0.2) is 8.42 Å². The molecule has 0 atom stereocenters. The molecule has 0 aliphatic carbocycles. The molecule has 0 heterocycles.